The summed E-state index contributed by atoms with van der Waals surface area (Å²) in [6.07, 6.45) is 2.97. The average Bonchev–Trinajstić information content (AvgIpc) is 2.73. The number of carbonyl (C=O) groups is 1. The van der Waals surface area contributed by atoms with Gasteiger partial charge in [-0.3, -0.25) is 4.79 Å². The second-order valence-corrected chi connectivity index (χ2v) is 5.84. The molecule has 0 unspecified atom stereocenters. The van der Waals surface area contributed by atoms with Crippen molar-refractivity contribution in [3.63, 3.8) is 0 Å². The Balaban J connectivity index is 1.79. The van der Waals surface area contributed by atoms with Crippen molar-refractivity contribution in [2.45, 2.75) is 6.54 Å². The molecule has 0 spiro atoms. The van der Waals surface area contributed by atoms with Crippen molar-refractivity contribution in [3.8, 4) is 0 Å². The van der Waals surface area contributed by atoms with Crippen molar-refractivity contribution in [1.29, 1.82) is 0 Å². The number of nitrogens with one attached hydrogen (secondary N) is 2. The summed E-state index contributed by atoms with van der Waals surface area (Å²) < 4.78 is 0. The van der Waals surface area contributed by atoms with Gasteiger partial charge in [0.25, 0.3) is 0 Å². The molecular weight excluding hydrogens is 338 g/mol. The molecule has 0 bridgehead atoms. The molecule has 0 saturated carbocycles. The van der Waals surface area contributed by atoms with E-state index < -0.39 is 0 Å². The molecule has 1 aromatic heterocycles. The van der Waals surface area contributed by atoms with Crippen LogP contribution in [0.2, 0.25) is 0 Å². The van der Waals surface area contributed by atoms with Gasteiger partial charge in [-0.05, 0) is 35.9 Å². The number of hydrogen-bond acceptors (Lipinski definition) is 5. The molecular formula is C21H21N5O. The SMILES string of the molecule is C=CC(=O)NCc1ccccc1Nc1nccc(N(C)c2ccccc2)n1. The van der Waals surface area contributed by atoms with Crippen molar-refractivity contribution in [3.05, 3.63) is 85.1 Å². The van der Waals surface area contributed by atoms with Gasteiger partial charge in [-0.1, -0.05) is 43.0 Å². The second-order valence-electron chi connectivity index (χ2n) is 5.84. The van der Waals surface area contributed by atoms with Crippen LogP contribution in [0.1, 0.15) is 5.56 Å². The second kappa shape index (κ2) is 8.62. The number of rotatable bonds is 7. The zero-order valence-electron chi connectivity index (χ0n) is 15.1. The number of anilines is 4. The maximum Gasteiger partial charge on any atom is 0.243 e. The Morgan fingerprint density at radius 2 is 1.85 bits per heavy atom. The van der Waals surface area contributed by atoms with Crippen LogP contribution in [0, 0.1) is 0 Å². The van der Waals surface area contributed by atoms with E-state index in [4.69, 9.17) is 0 Å². The number of amides is 1. The van der Waals surface area contributed by atoms with Crippen molar-refractivity contribution in [1.82, 2.24) is 15.3 Å². The van der Waals surface area contributed by atoms with Crippen LogP contribution in [-0.4, -0.2) is 22.9 Å². The number of nitrogens with zero attached hydrogens (tertiary/aromatic N) is 3. The van der Waals surface area contributed by atoms with Gasteiger partial charge in [0, 0.05) is 31.2 Å². The smallest absolute Gasteiger partial charge is 0.243 e. The van der Waals surface area contributed by atoms with Crippen LogP contribution in [0.5, 0.6) is 0 Å². The average molecular weight is 359 g/mol. The van der Waals surface area contributed by atoms with Gasteiger partial charge < -0.3 is 15.5 Å². The Labute approximate surface area is 158 Å². The van der Waals surface area contributed by atoms with Crippen LogP contribution >= 0.6 is 0 Å². The quantitative estimate of drug-likeness (QED) is 0.628. The topological polar surface area (TPSA) is 70.2 Å². The van der Waals surface area contributed by atoms with Gasteiger partial charge in [0.1, 0.15) is 5.82 Å². The molecule has 1 amide bonds. The Kier molecular flexibility index (Phi) is 5.79. The van der Waals surface area contributed by atoms with Crippen molar-refractivity contribution in [2.75, 3.05) is 17.3 Å². The molecule has 0 aliphatic carbocycles. The zero-order chi connectivity index (χ0) is 19.1. The van der Waals surface area contributed by atoms with Crippen LogP contribution < -0.4 is 15.5 Å². The van der Waals surface area contributed by atoms with Crippen LogP contribution in [0.3, 0.4) is 0 Å². The summed E-state index contributed by atoms with van der Waals surface area (Å²) in [6.45, 7) is 3.85. The molecule has 6 nitrogen and oxygen atoms in total. The Morgan fingerprint density at radius 3 is 2.63 bits per heavy atom. The van der Waals surface area contributed by atoms with Gasteiger partial charge in [-0.2, -0.15) is 4.98 Å². The maximum atomic E-state index is 11.4. The Bertz CT molecular complexity index is 927. The number of benzene rings is 2. The highest BCUT2D eigenvalue weighted by molar-refractivity contribution is 5.86. The Hall–Kier alpha value is -3.67. The molecule has 0 radical (unpaired) electrons. The number of para-hydroxylation sites is 2. The molecule has 2 aromatic carbocycles. The number of carbonyl (C=O) groups excluding carboxylic acids is 1. The molecule has 6 heteroatoms. The first-order valence-electron chi connectivity index (χ1n) is 8.54. The van der Waals surface area contributed by atoms with Gasteiger partial charge in [-0.25, -0.2) is 4.98 Å². The third kappa shape index (κ3) is 4.70. The standard InChI is InChI=1S/C21H21N5O/c1-3-20(27)23-15-16-9-7-8-12-18(16)24-21-22-14-13-19(25-21)26(2)17-10-5-4-6-11-17/h3-14H,1,15H2,2H3,(H,23,27)(H,22,24,25). The largest absolute Gasteiger partial charge is 0.348 e. The first-order valence-corrected chi connectivity index (χ1v) is 8.54. The normalized spacial score (nSPS) is 10.1. The molecule has 0 fully saturated rings. The van der Waals surface area contributed by atoms with Gasteiger partial charge in [-0.15, -0.1) is 0 Å². The molecule has 0 saturated heterocycles. The van der Waals surface area contributed by atoms with E-state index in [0.717, 1.165) is 22.8 Å². The van der Waals surface area contributed by atoms with Crippen LogP contribution in [0.25, 0.3) is 0 Å². The summed E-state index contributed by atoms with van der Waals surface area (Å²) in [5.74, 6) is 1.04. The molecule has 2 N–H and O–H groups in total. The molecule has 27 heavy (non-hydrogen) atoms. The van der Waals surface area contributed by atoms with Crippen LogP contribution in [-0.2, 0) is 11.3 Å². The van der Waals surface area contributed by atoms with E-state index >= 15 is 0 Å². The highest BCUT2D eigenvalue weighted by atomic mass is 16.1. The lowest BCUT2D eigenvalue weighted by atomic mass is 10.1. The summed E-state index contributed by atoms with van der Waals surface area (Å²) in [7, 11) is 1.96. The minimum absolute atomic E-state index is 0.215. The van der Waals surface area contributed by atoms with E-state index in [0.29, 0.717) is 12.5 Å². The van der Waals surface area contributed by atoms with E-state index in [1.807, 2.05) is 72.6 Å². The maximum absolute atomic E-state index is 11.4. The van der Waals surface area contributed by atoms with Gasteiger partial charge in [0.2, 0.25) is 11.9 Å². The van der Waals surface area contributed by atoms with E-state index in [2.05, 4.69) is 27.2 Å². The van der Waals surface area contributed by atoms with E-state index in [1.54, 1.807) is 6.20 Å². The summed E-state index contributed by atoms with van der Waals surface area (Å²) >= 11 is 0. The molecule has 0 aliphatic rings. The Morgan fingerprint density at radius 1 is 1.11 bits per heavy atom. The fraction of sp³-hybridized carbons (Fsp3) is 0.0952. The molecule has 3 aromatic rings. The molecule has 1 heterocycles. The summed E-state index contributed by atoms with van der Waals surface area (Å²) in [5, 5.41) is 6.01. The molecule has 3 rings (SSSR count). The van der Waals surface area contributed by atoms with Crippen molar-refractivity contribution < 1.29 is 4.79 Å². The third-order valence-electron chi connectivity index (χ3n) is 4.03. The predicted octanol–water partition coefficient (Wildman–Crippen LogP) is 3.79. The zero-order valence-corrected chi connectivity index (χ0v) is 15.1. The molecule has 0 atom stereocenters. The first-order chi connectivity index (χ1) is 13.2. The van der Waals surface area contributed by atoms with Crippen LogP contribution in [0.15, 0.2) is 79.5 Å². The fourth-order valence-electron chi connectivity index (χ4n) is 2.55. The lowest BCUT2D eigenvalue weighted by Crippen LogP contribution is -2.20. The summed E-state index contributed by atoms with van der Waals surface area (Å²) in [6, 6.07) is 19.5. The molecule has 0 aliphatic heterocycles. The summed E-state index contributed by atoms with van der Waals surface area (Å²) in [5.41, 5.74) is 2.80. The van der Waals surface area contributed by atoms with E-state index in [9.17, 15) is 4.79 Å². The van der Waals surface area contributed by atoms with Gasteiger partial charge in [0.05, 0.1) is 0 Å². The minimum Gasteiger partial charge on any atom is -0.348 e. The highest BCUT2D eigenvalue weighted by Gasteiger charge is 2.09. The van der Waals surface area contributed by atoms with Gasteiger partial charge in [0.15, 0.2) is 0 Å². The fourth-order valence-corrected chi connectivity index (χ4v) is 2.55. The van der Waals surface area contributed by atoms with Gasteiger partial charge >= 0.3 is 0 Å². The highest BCUT2D eigenvalue weighted by Crippen LogP contribution is 2.23. The molecule has 136 valence electrons. The first kappa shape index (κ1) is 18.1. The third-order valence-corrected chi connectivity index (χ3v) is 4.03. The monoisotopic (exact) mass is 359 g/mol. The lowest BCUT2D eigenvalue weighted by molar-refractivity contribution is -0.116. The van der Waals surface area contributed by atoms with Crippen LogP contribution in [0.4, 0.5) is 23.1 Å². The van der Waals surface area contributed by atoms with Crippen molar-refractivity contribution in [2.24, 2.45) is 0 Å². The summed E-state index contributed by atoms with van der Waals surface area (Å²) in [4.78, 5) is 22.3. The lowest BCUT2D eigenvalue weighted by Gasteiger charge is -2.19. The minimum atomic E-state index is -0.215. The van der Waals surface area contributed by atoms with E-state index in [-0.39, 0.29) is 5.91 Å². The number of aromatic nitrogens is 2. The predicted molar refractivity (Wildman–Crippen MR) is 108 cm³/mol. The van der Waals surface area contributed by atoms with Crippen molar-refractivity contribution >= 4 is 29.0 Å². The van der Waals surface area contributed by atoms with E-state index in [1.165, 1.54) is 6.08 Å². The number of hydrogen-bond donors (Lipinski definition) is 2.